The maximum Gasteiger partial charge on any atom is 0.125 e. The van der Waals surface area contributed by atoms with Crippen LogP contribution in [0.4, 0.5) is 0 Å². The van der Waals surface area contributed by atoms with Gasteiger partial charge in [0.25, 0.3) is 0 Å². The van der Waals surface area contributed by atoms with Crippen LogP contribution in [-0.4, -0.2) is 12.1 Å². The van der Waals surface area contributed by atoms with Crippen LogP contribution in [0.2, 0.25) is 0 Å². The highest BCUT2D eigenvalue weighted by Crippen LogP contribution is 2.43. The van der Waals surface area contributed by atoms with E-state index in [1.165, 1.54) is 18.4 Å². The fourth-order valence-corrected chi connectivity index (χ4v) is 1.28. The first kappa shape index (κ1) is 6.65. The lowest BCUT2D eigenvalue weighted by Crippen LogP contribution is -1.90. The summed E-state index contributed by atoms with van der Waals surface area (Å²) in [6.45, 7) is 0. The molecule has 11 heavy (non-hydrogen) atoms. The largest absolute Gasteiger partial charge is 0.496 e. The molecule has 1 aliphatic rings. The van der Waals surface area contributed by atoms with E-state index in [4.69, 9.17) is 4.74 Å². The third kappa shape index (κ3) is 1.20. The number of pyridine rings is 1. The Hall–Kier alpha value is -1.05. The van der Waals surface area contributed by atoms with Gasteiger partial charge in [-0.2, -0.15) is 0 Å². The van der Waals surface area contributed by atoms with Gasteiger partial charge in [0.1, 0.15) is 5.75 Å². The van der Waals surface area contributed by atoms with E-state index >= 15 is 0 Å². The minimum absolute atomic E-state index is 0.721. The van der Waals surface area contributed by atoms with E-state index in [-0.39, 0.29) is 0 Å². The van der Waals surface area contributed by atoms with E-state index in [1.54, 1.807) is 13.3 Å². The van der Waals surface area contributed by atoms with Crippen molar-refractivity contribution in [3.8, 4) is 5.75 Å². The third-order valence-corrected chi connectivity index (χ3v) is 2.05. The highest BCUT2D eigenvalue weighted by atomic mass is 16.5. The summed E-state index contributed by atoms with van der Waals surface area (Å²) in [5, 5.41) is 0. The van der Waals surface area contributed by atoms with E-state index in [2.05, 4.69) is 4.98 Å². The number of nitrogens with zero attached hydrogens (tertiary/aromatic N) is 1. The number of aromatic nitrogens is 1. The van der Waals surface area contributed by atoms with Crippen LogP contribution in [0.25, 0.3) is 0 Å². The van der Waals surface area contributed by atoms with Crippen molar-refractivity contribution in [1.82, 2.24) is 4.98 Å². The predicted molar refractivity (Wildman–Crippen MR) is 42.8 cm³/mol. The zero-order chi connectivity index (χ0) is 7.68. The van der Waals surface area contributed by atoms with Crippen molar-refractivity contribution in [2.75, 3.05) is 7.11 Å². The molecule has 1 saturated carbocycles. The molecule has 0 amide bonds. The fourth-order valence-electron chi connectivity index (χ4n) is 1.28. The van der Waals surface area contributed by atoms with Gasteiger partial charge in [-0.15, -0.1) is 0 Å². The van der Waals surface area contributed by atoms with E-state index in [0.717, 1.165) is 11.7 Å². The molecular formula is C9H11NO. The van der Waals surface area contributed by atoms with Crippen molar-refractivity contribution in [3.63, 3.8) is 0 Å². The van der Waals surface area contributed by atoms with Crippen molar-refractivity contribution in [1.29, 1.82) is 0 Å². The molecule has 0 aromatic carbocycles. The molecule has 2 nitrogen and oxygen atoms in total. The number of hydrogen-bond donors (Lipinski definition) is 0. The van der Waals surface area contributed by atoms with Crippen LogP contribution in [0.1, 0.15) is 24.3 Å². The molecule has 0 atom stereocenters. The number of hydrogen-bond acceptors (Lipinski definition) is 2. The minimum Gasteiger partial charge on any atom is -0.496 e. The fraction of sp³-hybridized carbons (Fsp3) is 0.444. The van der Waals surface area contributed by atoms with Crippen LogP contribution in [0, 0.1) is 0 Å². The number of ether oxygens (including phenoxy) is 1. The molecular weight excluding hydrogens is 138 g/mol. The highest BCUT2D eigenvalue weighted by Gasteiger charge is 2.26. The molecule has 0 bridgehead atoms. The second-order valence-electron chi connectivity index (χ2n) is 2.89. The average molecular weight is 149 g/mol. The normalized spacial score (nSPS) is 16.5. The molecule has 1 aromatic heterocycles. The molecule has 0 spiro atoms. The molecule has 1 fully saturated rings. The first-order valence-electron chi connectivity index (χ1n) is 3.89. The van der Waals surface area contributed by atoms with Gasteiger partial charge in [-0.1, -0.05) is 0 Å². The Kier molecular flexibility index (Phi) is 1.53. The molecule has 2 heteroatoms. The summed E-state index contributed by atoms with van der Waals surface area (Å²) in [7, 11) is 1.71. The summed E-state index contributed by atoms with van der Waals surface area (Å²) in [5.41, 5.74) is 1.27. The second kappa shape index (κ2) is 2.53. The van der Waals surface area contributed by atoms with Crippen LogP contribution in [0.15, 0.2) is 18.5 Å². The highest BCUT2D eigenvalue weighted by molar-refractivity contribution is 5.35. The van der Waals surface area contributed by atoms with Crippen molar-refractivity contribution >= 4 is 0 Å². The van der Waals surface area contributed by atoms with Gasteiger partial charge < -0.3 is 4.74 Å². The summed E-state index contributed by atoms with van der Waals surface area (Å²) < 4.78 is 5.21. The summed E-state index contributed by atoms with van der Waals surface area (Å²) in [5.74, 6) is 1.71. The molecule has 0 N–H and O–H groups in total. The van der Waals surface area contributed by atoms with E-state index in [9.17, 15) is 0 Å². The zero-order valence-electron chi connectivity index (χ0n) is 6.58. The van der Waals surface area contributed by atoms with Crippen LogP contribution >= 0.6 is 0 Å². The topological polar surface area (TPSA) is 22.1 Å². The maximum atomic E-state index is 5.21. The van der Waals surface area contributed by atoms with Gasteiger partial charge in [0, 0.05) is 18.0 Å². The maximum absolute atomic E-state index is 5.21. The van der Waals surface area contributed by atoms with E-state index in [1.807, 2.05) is 12.3 Å². The second-order valence-corrected chi connectivity index (χ2v) is 2.89. The Labute approximate surface area is 66.2 Å². The van der Waals surface area contributed by atoms with Gasteiger partial charge in [-0.05, 0) is 24.8 Å². The first-order chi connectivity index (χ1) is 5.42. The van der Waals surface area contributed by atoms with Gasteiger partial charge in [0.15, 0.2) is 0 Å². The van der Waals surface area contributed by atoms with Crippen molar-refractivity contribution in [3.05, 3.63) is 24.0 Å². The lowest BCUT2D eigenvalue weighted by atomic mass is 10.2. The average Bonchev–Trinajstić information content (AvgIpc) is 2.87. The van der Waals surface area contributed by atoms with Crippen LogP contribution < -0.4 is 4.74 Å². The van der Waals surface area contributed by atoms with Gasteiger partial charge in [0.05, 0.1) is 7.11 Å². The Morgan fingerprint density at radius 1 is 1.55 bits per heavy atom. The number of methoxy groups -OCH3 is 1. The summed E-state index contributed by atoms with van der Waals surface area (Å²) in [6, 6.07) is 1.92. The third-order valence-electron chi connectivity index (χ3n) is 2.05. The molecule has 0 saturated heterocycles. The van der Waals surface area contributed by atoms with Crippen molar-refractivity contribution in [2.45, 2.75) is 18.8 Å². The standard InChI is InChI=1S/C9H11NO/c1-11-9-4-5-10-6-8(9)7-2-3-7/h4-7H,2-3H2,1H3. The Bertz CT molecular complexity index is 255. The predicted octanol–water partition coefficient (Wildman–Crippen LogP) is 1.97. The quantitative estimate of drug-likeness (QED) is 0.641. The van der Waals surface area contributed by atoms with E-state index < -0.39 is 0 Å². The van der Waals surface area contributed by atoms with Crippen molar-refractivity contribution in [2.24, 2.45) is 0 Å². The molecule has 58 valence electrons. The van der Waals surface area contributed by atoms with Crippen LogP contribution in [0.5, 0.6) is 5.75 Å². The smallest absolute Gasteiger partial charge is 0.125 e. The lowest BCUT2D eigenvalue weighted by molar-refractivity contribution is 0.409. The molecule has 0 radical (unpaired) electrons. The lowest BCUT2D eigenvalue weighted by Gasteiger charge is -2.04. The Morgan fingerprint density at radius 2 is 2.36 bits per heavy atom. The molecule has 1 heterocycles. The van der Waals surface area contributed by atoms with Crippen LogP contribution in [-0.2, 0) is 0 Å². The summed E-state index contributed by atoms with van der Waals surface area (Å²) in [6.07, 6.45) is 6.27. The van der Waals surface area contributed by atoms with Gasteiger partial charge in [0.2, 0.25) is 0 Å². The van der Waals surface area contributed by atoms with E-state index in [0.29, 0.717) is 0 Å². The SMILES string of the molecule is COc1ccncc1C1CC1. The molecule has 1 aromatic rings. The number of rotatable bonds is 2. The monoisotopic (exact) mass is 149 g/mol. The zero-order valence-corrected chi connectivity index (χ0v) is 6.58. The van der Waals surface area contributed by atoms with Crippen LogP contribution in [0.3, 0.4) is 0 Å². The van der Waals surface area contributed by atoms with Gasteiger partial charge in [-0.3, -0.25) is 4.98 Å². The molecule has 0 unspecified atom stereocenters. The molecule has 1 aliphatic carbocycles. The summed E-state index contributed by atoms with van der Waals surface area (Å²) in [4.78, 5) is 4.07. The van der Waals surface area contributed by atoms with Gasteiger partial charge >= 0.3 is 0 Å². The Morgan fingerprint density at radius 3 is 3.00 bits per heavy atom. The van der Waals surface area contributed by atoms with Gasteiger partial charge in [-0.25, -0.2) is 0 Å². The minimum atomic E-state index is 0.721. The summed E-state index contributed by atoms with van der Waals surface area (Å²) >= 11 is 0. The van der Waals surface area contributed by atoms with Crippen molar-refractivity contribution < 1.29 is 4.74 Å². The molecule has 2 rings (SSSR count). The Balaban J connectivity index is 2.34. The molecule has 0 aliphatic heterocycles. The first-order valence-corrected chi connectivity index (χ1v) is 3.89.